The molecule has 0 radical (unpaired) electrons. The summed E-state index contributed by atoms with van der Waals surface area (Å²) >= 11 is 0. The Labute approximate surface area is 175 Å². The summed E-state index contributed by atoms with van der Waals surface area (Å²) in [5, 5.41) is 2.88. The predicted molar refractivity (Wildman–Crippen MR) is 113 cm³/mol. The van der Waals surface area contributed by atoms with Gasteiger partial charge < -0.3 is 5.32 Å². The van der Waals surface area contributed by atoms with Crippen LogP contribution in [-0.4, -0.2) is 20.4 Å². The molecule has 1 atom stereocenters. The van der Waals surface area contributed by atoms with E-state index in [0.717, 1.165) is 23.3 Å². The van der Waals surface area contributed by atoms with Crippen LogP contribution in [0.2, 0.25) is 0 Å². The zero-order chi connectivity index (χ0) is 21.3. The van der Waals surface area contributed by atoms with E-state index in [1.165, 1.54) is 16.4 Å². The number of benzene rings is 3. The molecule has 0 aliphatic carbocycles. The second-order valence-corrected chi connectivity index (χ2v) is 9.13. The number of carbonyl (C=O) groups is 1. The van der Waals surface area contributed by atoms with Gasteiger partial charge in [0, 0.05) is 18.2 Å². The number of carbonyl (C=O) groups excluding carboxylic acids is 1. The van der Waals surface area contributed by atoms with Crippen molar-refractivity contribution in [2.45, 2.75) is 30.8 Å². The quantitative estimate of drug-likeness (QED) is 0.676. The highest BCUT2D eigenvalue weighted by atomic mass is 32.2. The summed E-state index contributed by atoms with van der Waals surface area (Å²) in [5.74, 6) is -0.705. The highest BCUT2D eigenvalue weighted by Crippen LogP contribution is 2.37. The fourth-order valence-corrected chi connectivity index (χ4v) is 5.40. The molecule has 0 saturated carbocycles. The van der Waals surface area contributed by atoms with Gasteiger partial charge in [0.05, 0.1) is 10.6 Å². The van der Waals surface area contributed by atoms with E-state index in [-0.39, 0.29) is 16.8 Å². The van der Waals surface area contributed by atoms with E-state index in [9.17, 15) is 17.6 Å². The second-order valence-electron chi connectivity index (χ2n) is 7.32. The first-order valence-electron chi connectivity index (χ1n) is 9.61. The summed E-state index contributed by atoms with van der Waals surface area (Å²) in [4.78, 5) is 12.6. The lowest BCUT2D eigenvalue weighted by molar-refractivity contribution is 0.0951. The average molecular weight is 424 g/mol. The minimum Gasteiger partial charge on any atom is -0.348 e. The van der Waals surface area contributed by atoms with Crippen molar-refractivity contribution in [2.24, 2.45) is 0 Å². The summed E-state index contributed by atoms with van der Waals surface area (Å²) in [5.41, 5.74) is 2.82. The van der Waals surface area contributed by atoms with Gasteiger partial charge in [-0.05, 0) is 66.9 Å². The molecule has 154 valence electrons. The Kier molecular flexibility index (Phi) is 5.30. The zero-order valence-corrected chi connectivity index (χ0v) is 17.2. The number of amides is 1. The van der Waals surface area contributed by atoms with Crippen molar-refractivity contribution in [3.8, 4) is 0 Å². The number of anilines is 1. The van der Waals surface area contributed by atoms with Gasteiger partial charge in [-0.1, -0.05) is 30.3 Å². The number of rotatable bonds is 5. The van der Waals surface area contributed by atoms with Gasteiger partial charge in [-0.25, -0.2) is 12.8 Å². The number of halogens is 1. The van der Waals surface area contributed by atoms with E-state index in [1.54, 1.807) is 18.2 Å². The first-order valence-corrected chi connectivity index (χ1v) is 11.1. The van der Waals surface area contributed by atoms with Gasteiger partial charge in [0.25, 0.3) is 15.9 Å². The van der Waals surface area contributed by atoms with Crippen molar-refractivity contribution in [2.75, 3.05) is 4.31 Å². The van der Waals surface area contributed by atoms with Gasteiger partial charge in [-0.2, -0.15) is 0 Å². The molecule has 3 aromatic rings. The molecule has 0 bridgehead atoms. The van der Waals surface area contributed by atoms with E-state index in [4.69, 9.17) is 0 Å². The standard InChI is InChI=1S/C23H21FN2O3S/c1-16-13-19-14-18(23(27)25-15-17-5-3-2-4-6-17)7-12-22(19)26(16)30(28,29)21-10-8-20(24)9-11-21/h2-12,14,16H,13,15H2,1H3,(H,25,27)/t16-/m1/s1. The van der Waals surface area contributed by atoms with Crippen molar-refractivity contribution in [1.29, 1.82) is 0 Å². The highest BCUT2D eigenvalue weighted by Gasteiger charge is 2.36. The van der Waals surface area contributed by atoms with Crippen molar-refractivity contribution in [3.63, 3.8) is 0 Å². The zero-order valence-electron chi connectivity index (χ0n) is 16.4. The van der Waals surface area contributed by atoms with Crippen LogP contribution in [0.15, 0.2) is 77.7 Å². The van der Waals surface area contributed by atoms with Crippen LogP contribution >= 0.6 is 0 Å². The van der Waals surface area contributed by atoms with Gasteiger partial charge in [-0.15, -0.1) is 0 Å². The lowest BCUT2D eigenvalue weighted by Gasteiger charge is -2.24. The third-order valence-corrected chi connectivity index (χ3v) is 7.10. The minimum atomic E-state index is -3.83. The molecule has 5 nitrogen and oxygen atoms in total. The largest absolute Gasteiger partial charge is 0.348 e. The average Bonchev–Trinajstić information content (AvgIpc) is 3.08. The van der Waals surface area contributed by atoms with Gasteiger partial charge in [0.15, 0.2) is 0 Å². The molecule has 1 N–H and O–H groups in total. The van der Waals surface area contributed by atoms with E-state index in [0.29, 0.717) is 24.2 Å². The number of hydrogen-bond acceptors (Lipinski definition) is 3. The molecule has 30 heavy (non-hydrogen) atoms. The molecule has 0 aromatic heterocycles. The predicted octanol–water partition coefficient (Wildman–Crippen LogP) is 3.90. The molecule has 3 aromatic carbocycles. The normalized spacial score (nSPS) is 15.7. The molecule has 1 aliphatic heterocycles. The third kappa shape index (κ3) is 3.80. The van der Waals surface area contributed by atoms with Crippen LogP contribution in [-0.2, 0) is 23.0 Å². The SMILES string of the molecule is C[C@@H]1Cc2cc(C(=O)NCc3ccccc3)ccc2N1S(=O)(=O)c1ccc(F)cc1. The molecule has 1 amide bonds. The molecule has 0 spiro atoms. The van der Waals surface area contributed by atoms with Crippen molar-refractivity contribution >= 4 is 21.6 Å². The molecular weight excluding hydrogens is 403 g/mol. The molecule has 0 unspecified atom stereocenters. The van der Waals surface area contributed by atoms with Crippen LogP contribution in [0.1, 0.15) is 28.4 Å². The Hall–Kier alpha value is -3.19. The Bertz CT molecular complexity index is 1180. The summed E-state index contributed by atoms with van der Waals surface area (Å²) < 4.78 is 40.8. The van der Waals surface area contributed by atoms with Crippen molar-refractivity contribution in [3.05, 3.63) is 95.3 Å². The Morgan fingerprint density at radius 3 is 2.47 bits per heavy atom. The molecule has 7 heteroatoms. The molecule has 0 fully saturated rings. The number of nitrogens with one attached hydrogen (secondary N) is 1. The maximum atomic E-state index is 13.2. The van der Waals surface area contributed by atoms with Crippen LogP contribution in [0, 0.1) is 5.82 Å². The van der Waals surface area contributed by atoms with Crippen LogP contribution in [0.5, 0.6) is 0 Å². The van der Waals surface area contributed by atoms with Crippen LogP contribution in [0.25, 0.3) is 0 Å². The van der Waals surface area contributed by atoms with Gasteiger partial charge in [0.1, 0.15) is 5.82 Å². The molecule has 4 rings (SSSR count). The van der Waals surface area contributed by atoms with Crippen LogP contribution < -0.4 is 9.62 Å². The van der Waals surface area contributed by atoms with Gasteiger partial charge in [-0.3, -0.25) is 9.10 Å². The van der Waals surface area contributed by atoms with E-state index in [1.807, 2.05) is 37.3 Å². The molecule has 1 heterocycles. The number of fused-ring (bicyclic) bond motifs is 1. The molecule has 0 saturated heterocycles. The summed E-state index contributed by atoms with van der Waals surface area (Å²) in [7, 11) is -3.83. The monoisotopic (exact) mass is 424 g/mol. The molecular formula is C23H21FN2O3S. The second kappa shape index (κ2) is 7.91. The van der Waals surface area contributed by atoms with E-state index < -0.39 is 15.8 Å². The number of hydrogen-bond donors (Lipinski definition) is 1. The third-order valence-electron chi connectivity index (χ3n) is 5.16. The van der Waals surface area contributed by atoms with Gasteiger partial charge in [0.2, 0.25) is 0 Å². The van der Waals surface area contributed by atoms with Crippen molar-refractivity contribution in [1.82, 2.24) is 5.32 Å². The maximum absolute atomic E-state index is 13.2. The molecule has 1 aliphatic rings. The van der Waals surface area contributed by atoms with Crippen molar-refractivity contribution < 1.29 is 17.6 Å². The Morgan fingerprint density at radius 1 is 1.07 bits per heavy atom. The minimum absolute atomic E-state index is 0.0354. The fourth-order valence-electron chi connectivity index (χ4n) is 3.71. The highest BCUT2D eigenvalue weighted by molar-refractivity contribution is 7.92. The first-order chi connectivity index (χ1) is 14.4. The van der Waals surface area contributed by atoms with Gasteiger partial charge >= 0.3 is 0 Å². The topological polar surface area (TPSA) is 66.5 Å². The fraction of sp³-hybridized carbons (Fsp3) is 0.174. The lowest BCUT2D eigenvalue weighted by atomic mass is 10.1. The van der Waals surface area contributed by atoms with E-state index in [2.05, 4.69) is 5.32 Å². The number of sulfonamides is 1. The summed E-state index contributed by atoms with van der Waals surface area (Å²) in [6, 6.07) is 19.1. The Morgan fingerprint density at radius 2 is 1.77 bits per heavy atom. The number of nitrogens with zero attached hydrogens (tertiary/aromatic N) is 1. The maximum Gasteiger partial charge on any atom is 0.264 e. The van der Waals surface area contributed by atoms with E-state index >= 15 is 0 Å². The lowest BCUT2D eigenvalue weighted by Crippen LogP contribution is -2.35. The first kappa shape index (κ1) is 20.1. The Balaban J connectivity index is 1.57. The smallest absolute Gasteiger partial charge is 0.264 e. The van der Waals surface area contributed by atoms with Crippen LogP contribution in [0.4, 0.5) is 10.1 Å². The summed E-state index contributed by atoms with van der Waals surface area (Å²) in [6.07, 6.45) is 0.496. The summed E-state index contributed by atoms with van der Waals surface area (Å²) in [6.45, 7) is 2.23. The van der Waals surface area contributed by atoms with Crippen LogP contribution in [0.3, 0.4) is 0 Å².